The Hall–Kier alpha value is -3.92. The van der Waals surface area contributed by atoms with Crippen LogP contribution in [-0.4, -0.2) is 26.7 Å². The predicted octanol–water partition coefficient (Wildman–Crippen LogP) is 4.16. The summed E-state index contributed by atoms with van der Waals surface area (Å²) in [6, 6.07) is 17.5. The maximum atomic E-state index is 13.1. The molecule has 0 heterocycles. The van der Waals surface area contributed by atoms with E-state index in [1.54, 1.807) is 18.2 Å². The zero-order valence-corrected chi connectivity index (χ0v) is 17.6. The number of para-hydroxylation sites is 2. The molecule has 0 atom stereocenters. The largest absolute Gasteiger partial charge is 0.495 e. The summed E-state index contributed by atoms with van der Waals surface area (Å²) in [5.74, 6) is 0.309. The number of nitro groups is 1. The molecule has 10 heteroatoms. The van der Waals surface area contributed by atoms with Gasteiger partial charge in [-0.25, -0.2) is 8.42 Å². The summed E-state index contributed by atoms with van der Waals surface area (Å²) in [6.07, 6.45) is 1.53. The van der Waals surface area contributed by atoms with Crippen LogP contribution >= 0.6 is 0 Å². The monoisotopic (exact) mass is 440 g/mol. The average Bonchev–Trinajstić information content (AvgIpc) is 2.74. The number of rotatable bonds is 8. The maximum Gasteiger partial charge on any atom is 0.270 e. The highest BCUT2D eigenvalue weighted by molar-refractivity contribution is 7.93. The molecular formula is C21H20N4O5S. The summed E-state index contributed by atoms with van der Waals surface area (Å²) in [5.41, 5.74) is 4.43. The number of sulfonamides is 1. The number of nitrogens with zero attached hydrogens (tertiary/aromatic N) is 2. The molecule has 3 rings (SSSR count). The third-order valence-corrected chi connectivity index (χ3v) is 5.66. The second-order valence-electron chi connectivity index (χ2n) is 6.53. The first-order chi connectivity index (χ1) is 14.8. The highest BCUT2D eigenvalue weighted by Crippen LogP contribution is 2.31. The number of hydrogen-bond acceptors (Lipinski definition) is 7. The van der Waals surface area contributed by atoms with Crippen molar-refractivity contribution in [3.63, 3.8) is 0 Å². The number of benzene rings is 3. The molecule has 31 heavy (non-hydrogen) atoms. The lowest BCUT2D eigenvalue weighted by Crippen LogP contribution is -2.15. The van der Waals surface area contributed by atoms with Crippen LogP contribution in [0.5, 0.6) is 5.75 Å². The molecule has 3 aromatic carbocycles. The molecule has 0 fully saturated rings. The molecule has 160 valence electrons. The van der Waals surface area contributed by atoms with Crippen molar-refractivity contribution >= 4 is 33.3 Å². The summed E-state index contributed by atoms with van der Waals surface area (Å²) in [6.45, 7) is 1.94. The Bertz CT molecular complexity index is 1240. The summed E-state index contributed by atoms with van der Waals surface area (Å²) in [4.78, 5) is 10.2. The number of non-ortho nitro benzene ring substituents is 1. The summed E-state index contributed by atoms with van der Waals surface area (Å²) < 4.78 is 33.7. The fraction of sp³-hybridized carbons (Fsp3) is 0.0952. The van der Waals surface area contributed by atoms with Crippen LogP contribution < -0.4 is 14.9 Å². The van der Waals surface area contributed by atoms with Crippen molar-refractivity contribution in [2.45, 2.75) is 11.8 Å². The second kappa shape index (κ2) is 9.26. The number of nitro benzene ring substituents is 1. The van der Waals surface area contributed by atoms with Crippen LogP contribution in [0.3, 0.4) is 0 Å². The van der Waals surface area contributed by atoms with E-state index in [-0.39, 0.29) is 22.0 Å². The first-order valence-corrected chi connectivity index (χ1v) is 10.6. The van der Waals surface area contributed by atoms with Gasteiger partial charge in [-0.15, -0.1) is 0 Å². The molecule has 3 aromatic rings. The topological polar surface area (TPSA) is 123 Å². The van der Waals surface area contributed by atoms with Crippen LogP contribution in [0.25, 0.3) is 0 Å². The third kappa shape index (κ3) is 5.37. The van der Waals surface area contributed by atoms with Crippen LogP contribution in [0.15, 0.2) is 76.7 Å². The van der Waals surface area contributed by atoms with E-state index in [0.29, 0.717) is 5.75 Å². The highest BCUT2D eigenvalue weighted by Gasteiger charge is 2.23. The van der Waals surface area contributed by atoms with Gasteiger partial charge in [-0.2, -0.15) is 5.10 Å². The van der Waals surface area contributed by atoms with Gasteiger partial charge in [-0.3, -0.25) is 20.3 Å². The van der Waals surface area contributed by atoms with Crippen LogP contribution in [-0.2, 0) is 10.0 Å². The Morgan fingerprint density at radius 2 is 1.81 bits per heavy atom. The van der Waals surface area contributed by atoms with E-state index in [1.807, 2.05) is 31.2 Å². The Morgan fingerprint density at radius 1 is 1.03 bits per heavy atom. The number of hydrogen-bond donors (Lipinski definition) is 2. The van der Waals surface area contributed by atoms with Gasteiger partial charge in [0, 0.05) is 12.1 Å². The Labute approximate surface area is 179 Å². The Balaban J connectivity index is 1.96. The van der Waals surface area contributed by atoms with Gasteiger partial charge in [-0.1, -0.05) is 42.0 Å². The van der Waals surface area contributed by atoms with Crippen molar-refractivity contribution in [3.05, 3.63) is 88.0 Å². The molecule has 0 amide bonds. The molecule has 2 N–H and O–H groups in total. The second-order valence-corrected chi connectivity index (χ2v) is 8.18. The SMILES string of the molecule is COc1ccccc1NS(=O)(=O)c1cc([N+](=O)[O-])ccc1N/N=C/c1cccc(C)c1. The van der Waals surface area contributed by atoms with Crippen molar-refractivity contribution in [3.8, 4) is 5.75 Å². The molecule has 0 bridgehead atoms. The number of anilines is 2. The van der Waals surface area contributed by atoms with Crippen LogP contribution in [0.2, 0.25) is 0 Å². The summed E-state index contributed by atoms with van der Waals surface area (Å²) >= 11 is 0. The van der Waals surface area contributed by atoms with E-state index < -0.39 is 14.9 Å². The number of methoxy groups -OCH3 is 1. The Morgan fingerprint density at radius 3 is 2.52 bits per heavy atom. The van der Waals surface area contributed by atoms with Gasteiger partial charge in [0.25, 0.3) is 15.7 Å². The fourth-order valence-corrected chi connectivity index (χ4v) is 4.04. The minimum atomic E-state index is -4.21. The van der Waals surface area contributed by atoms with Gasteiger partial charge < -0.3 is 4.74 Å². The molecule has 0 aliphatic carbocycles. The van der Waals surface area contributed by atoms with E-state index in [1.165, 1.54) is 31.5 Å². The minimum absolute atomic E-state index is 0.0805. The maximum absolute atomic E-state index is 13.1. The van der Waals surface area contributed by atoms with E-state index in [2.05, 4.69) is 15.2 Å². The van der Waals surface area contributed by atoms with E-state index in [0.717, 1.165) is 17.2 Å². The standard InChI is InChI=1S/C21H20N4O5S/c1-15-6-5-7-16(12-15)14-22-23-19-11-10-17(25(26)27)13-21(19)31(28,29)24-18-8-3-4-9-20(18)30-2/h3-14,23-24H,1-2H3/b22-14+. The quantitative estimate of drug-likeness (QED) is 0.308. The molecule has 9 nitrogen and oxygen atoms in total. The number of hydrazone groups is 1. The number of nitrogens with one attached hydrogen (secondary N) is 2. The predicted molar refractivity (Wildman–Crippen MR) is 119 cm³/mol. The van der Waals surface area contributed by atoms with E-state index >= 15 is 0 Å². The van der Waals surface area contributed by atoms with Gasteiger partial charge in [0.1, 0.15) is 10.6 Å². The van der Waals surface area contributed by atoms with Crippen molar-refractivity contribution in [2.75, 3.05) is 17.3 Å². The molecule has 0 radical (unpaired) electrons. The normalized spacial score (nSPS) is 11.3. The average molecular weight is 440 g/mol. The smallest absolute Gasteiger partial charge is 0.270 e. The molecule has 0 aliphatic rings. The molecule has 0 aliphatic heterocycles. The summed E-state index contributed by atoms with van der Waals surface area (Å²) in [5, 5.41) is 15.3. The van der Waals surface area contributed by atoms with Crippen LogP contribution in [0, 0.1) is 17.0 Å². The van der Waals surface area contributed by atoms with Gasteiger partial charge in [0.2, 0.25) is 0 Å². The van der Waals surface area contributed by atoms with Crippen LogP contribution in [0.4, 0.5) is 17.1 Å². The molecule has 0 saturated heterocycles. The zero-order valence-electron chi connectivity index (χ0n) is 16.8. The lowest BCUT2D eigenvalue weighted by molar-refractivity contribution is -0.385. The van der Waals surface area contributed by atoms with Crippen LogP contribution in [0.1, 0.15) is 11.1 Å². The third-order valence-electron chi connectivity index (χ3n) is 4.26. The van der Waals surface area contributed by atoms with Crippen molar-refractivity contribution in [2.24, 2.45) is 5.10 Å². The minimum Gasteiger partial charge on any atom is -0.495 e. The molecule has 0 saturated carbocycles. The Kier molecular flexibility index (Phi) is 6.51. The van der Waals surface area contributed by atoms with E-state index in [4.69, 9.17) is 4.74 Å². The van der Waals surface area contributed by atoms with Gasteiger partial charge >= 0.3 is 0 Å². The summed E-state index contributed by atoms with van der Waals surface area (Å²) in [7, 11) is -2.79. The van der Waals surface area contributed by atoms with Crippen molar-refractivity contribution in [1.82, 2.24) is 0 Å². The van der Waals surface area contributed by atoms with Crippen molar-refractivity contribution in [1.29, 1.82) is 0 Å². The molecular weight excluding hydrogens is 420 g/mol. The first-order valence-electron chi connectivity index (χ1n) is 9.10. The first kappa shape index (κ1) is 21.8. The fourth-order valence-electron chi connectivity index (χ4n) is 2.79. The highest BCUT2D eigenvalue weighted by atomic mass is 32.2. The van der Waals surface area contributed by atoms with Gasteiger partial charge in [0.15, 0.2) is 0 Å². The number of ether oxygens (including phenoxy) is 1. The van der Waals surface area contributed by atoms with Crippen molar-refractivity contribution < 1.29 is 18.1 Å². The lowest BCUT2D eigenvalue weighted by Gasteiger charge is -2.14. The van der Waals surface area contributed by atoms with Gasteiger partial charge in [0.05, 0.1) is 29.6 Å². The molecule has 0 unspecified atom stereocenters. The number of aryl methyl sites for hydroxylation is 1. The lowest BCUT2D eigenvalue weighted by atomic mass is 10.2. The van der Waals surface area contributed by atoms with Gasteiger partial charge in [-0.05, 0) is 30.7 Å². The van der Waals surface area contributed by atoms with E-state index in [9.17, 15) is 18.5 Å². The molecule has 0 spiro atoms. The molecule has 0 aromatic heterocycles. The zero-order chi connectivity index (χ0) is 22.4.